The number of hydrogen-bond donors (Lipinski definition) is 1. The molecule has 0 spiro atoms. The first-order valence-corrected chi connectivity index (χ1v) is 13.2. The van der Waals surface area contributed by atoms with E-state index < -0.39 is 11.8 Å². The molecule has 6 rings (SSSR count). The van der Waals surface area contributed by atoms with Gasteiger partial charge in [-0.3, -0.25) is 14.3 Å². The molecule has 9 nitrogen and oxygen atoms in total. The maximum atomic E-state index is 13.4. The largest absolute Gasteiger partial charge is 0.327 e. The van der Waals surface area contributed by atoms with E-state index in [1.54, 1.807) is 23.2 Å². The number of rotatable bonds is 3. The molecule has 3 aromatic heterocycles. The summed E-state index contributed by atoms with van der Waals surface area (Å²) in [6.07, 6.45) is 11.5. The van der Waals surface area contributed by atoms with Crippen LogP contribution in [0.25, 0.3) is 16.6 Å². The van der Waals surface area contributed by atoms with Crippen molar-refractivity contribution in [2.75, 3.05) is 32.0 Å². The summed E-state index contributed by atoms with van der Waals surface area (Å²) in [7, 11) is 2.17. The topological polar surface area (TPSA) is 87.8 Å². The minimum absolute atomic E-state index is 0.151. The number of carbonyl (C=O) groups excluding carboxylic acids is 2. The van der Waals surface area contributed by atoms with Crippen molar-refractivity contribution in [2.24, 2.45) is 5.92 Å². The number of benzene rings is 1. The zero-order chi connectivity index (χ0) is 25.5. The Bertz CT molecular complexity index is 1450. The summed E-state index contributed by atoms with van der Waals surface area (Å²) in [5.74, 6) is -0.791. The lowest BCUT2D eigenvalue weighted by molar-refractivity contribution is -0.146. The SMILES string of the molecule is C[C@H]1CC[C@H](c2ccc3cn(C4CCN(C)CC4)nc3c2)N(C(=O)C(=O)Nc2ccn3ccnc3c2)C1. The number of likely N-dealkylation sites (tertiary alicyclic amines) is 2. The Balaban J connectivity index is 1.22. The average molecular weight is 500 g/mol. The van der Waals surface area contributed by atoms with E-state index in [0.29, 0.717) is 29.8 Å². The van der Waals surface area contributed by atoms with Crippen molar-refractivity contribution in [3.63, 3.8) is 0 Å². The summed E-state index contributed by atoms with van der Waals surface area (Å²) in [6.45, 7) is 4.86. The quantitative estimate of drug-likeness (QED) is 0.432. The van der Waals surface area contributed by atoms with Gasteiger partial charge >= 0.3 is 11.8 Å². The van der Waals surface area contributed by atoms with Crippen molar-refractivity contribution in [3.05, 3.63) is 60.7 Å². The molecule has 192 valence electrons. The van der Waals surface area contributed by atoms with Gasteiger partial charge in [-0.25, -0.2) is 4.98 Å². The minimum atomic E-state index is -0.623. The van der Waals surface area contributed by atoms with Crippen molar-refractivity contribution < 1.29 is 9.59 Å². The zero-order valence-corrected chi connectivity index (χ0v) is 21.4. The predicted octanol–water partition coefficient (Wildman–Crippen LogP) is 3.89. The molecule has 1 N–H and O–H groups in total. The molecule has 0 unspecified atom stereocenters. The van der Waals surface area contributed by atoms with Crippen molar-refractivity contribution >= 4 is 34.1 Å². The monoisotopic (exact) mass is 499 g/mol. The molecule has 9 heteroatoms. The van der Waals surface area contributed by atoms with Crippen LogP contribution in [0.5, 0.6) is 0 Å². The Morgan fingerprint density at radius 2 is 1.86 bits per heavy atom. The summed E-state index contributed by atoms with van der Waals surface area (Å²) in [5, 5.41) is 8.81. The lowest BCUT2D eigenvalue weighted by Gasteiger charge is -2.38. The number of nitrogens with one attached hydrogen (secondary N) is 1. The van der Waals surface area contributed by atoms with Crippen LogP contribution in [0.2, 0.25) is 0 Å². The zero-order valence-electron chi connectivity index (χ0n) is 21.4. The second kappa shape index (κ2) is 9.63. The fraction of sp³-hybridized carbons (Fsp3) is 0.429. The van der Waals surface area contributed by atoms with Crippen LogP contribution < -0.4 is 5.32 Å². The van der Waals surface area contributed by atoms with Gasteiger partial charge in [0.25, 0.3) is 0 Å². The number of hydrogen-bond acceptors (Lipinski definition) is 5. The standard InChI is InChI=1S/C28H33N7O2/c1-19-3-6-25(20-4-5-21-18-35(31-24(21)15-20)23-8-11-32(2)12-9-23)34(17-19)28(37)27(36)30-22-7-13-33-14-10-29-26(33)16-22/h4-5,7,10,13-16,18-19,23,25H,3,6,8-9,11-12,17H2,1-2H3,(H,30,36)/t19-,25+/m0/s1. The molecule has 37 heavy (non-hydrogen) atoms. The van der Waals surface area contributed by atoms with Crippen LogP contribution in [-0.2, 0) is 9.59 Å². The summed E-state index contributed by atoms with van der Waals surface area (Å²) in [4.78, 5) is 34.8. The van der Waals surface area contributed by atoms with Crippen LogP contribution in [0, 0.1) is 5.92 Å². The van der Waals surface area contributed by atoms with Crippen LogP contribution in [0.3, 0.4) is 0 Å². The lowest BCUT2D eigenvalue weighted by Crippen LogP contribution is -2.46. The Labute approximate surface area is 216 Å². The van der Waals surface area contributed by atoms with Crippen LogP contribution in [-0.4, -0.2) is 67.5 Å². The van der Waals surface area contributed by atoms with Gasteiger partial charge in [0.15, 0.2) is 0 Å². The molecule has 0 bridgehead atoms. The molecule has 0 radical (unpaired) electrons. The highest BCUT2D eigenvalue weighted by Crippen LogP contribution is 2.35. The molecule has 2 amide bonds. The van der Waals surface area contributed by atoms with E-state index in [1.807, 2.05) is 16.8 Å². The second-order valence-electron chi connectivity index (χ2n) is 10.7. The minimum Gasteiger partial charge on any atom is -0.327 e. The van der Waals surface area contributed by atoms with E-state index in [1.165, 1.54) is 0 Å². The second-order valence-corrected chi connectivity index (χ2v) is 10.7. The summed E-state index contributed by atoms with van der Waals surface area (Å²) >= 11 is 0. The normalized spacial score (nSPS) is 21.5. The van der Waals surface area contributed by atoms with Gasteiger partial charge in [0.1, 0.15) is 5.65 Å². The number of aromatic nitrogens is 4. The molecule has 2 aliphatic rings. The number of nitrogens with zero attached hydrogens (tertiary/aromatic N) is 6. The third kappa shape index (κ3) is 4.71. The molecule has 2 fully saturated rings. The van der Waals surface area contributed by atoms with E-state index >= 15 is 0 Å². The first-order chi connectivity index (χ1) is 17.9. The highest BCUT2D eigenvalue weighted by Gasteiger charge is 2.34. The molecule has 1 aromatic carbocycles. The van der Waals surface area contributed by atoms with Gasteiger partial charge in [0, 0.05) is 48.5 Å². The summed E-state index contributed by atoms with van der Waals surface area (Å²) in [6, 6.07) is 10.1. The van der Waals surface area contributed by atoms with E-state index in [9.17, 15) is 9.59 Å². The molecule has 2 atom stereocenters. The molecule has 5 heterocycles. The first-order valence-electron chi connectivity index (χ1n) is 13.2. The Morgan fingerprint density at radius 3 is 2.70 bits per heavy atom. The Kier molecular flexibility index (Phi) is 6.16. The van der Waals surface area contributed by atoms with Crippen molar-refractivity contribution in [2.45, 2.75) is 44.7 Å². The summed E-state index contributed by atoms with van der Waals surface area (Å²) in [5.41, 5.74) is 3.25. The van der Waals surface area contributed by atoms with Gasteiger partial charge in [-0.1, -0.05) is 19.1 Å². The maximum absolute atomic E-state index is 13.4. The number of piperidine rings is 2. The predicted molar refractivity (Wildman–Crippen MR) is 142 cm³/mol. The Morgan fingerprint density at radius 1 is 1.03 bits per heavy atom. The van der Waals surface area contributed by atoms with Gasteiger partial charge < -0.3 is 19.5 Å². The molecular weight excluding hydrogens is 466 g/mol. The van der Waals surface area contributed by atoms with E-state index in [2.05, 4.69) is 58.2 Å². The van der Waals surface area contributed by atoms with Crippen molar-refractivity contribution in [1.82, 2.24) is 29.0 Å². The number of anilines is 1. The van der Waals surface area contributed by atoms with Crippen molar-refractivity contribution in [1.29, 1.82) is 0 Å². The highest BCUT2D eigenvalue weighted by molar-refractivity contribution is 6.39. The highest BCUT2D eigenvalue weighted by atomic mass is 16.2. The van der Waals surface area contributed by atoms with E-state index in [-0.39, 0.29) is 6.04 Å². The Hall–Kier alpha value is -3.72. The van der Waals surface area contributed by atoms with Gasteiger partial charge in [0.05, 0.1) is 17.6 Å². The third-order valence-electron chi connectivity index (χ3n) is 7.92. The molecule has 4 aromatic rings. The van der Waals surface area contributed by atoms with Crippen LogP contribution >= 0.6 is 0 Å². The summed E-state index contributed by atoms with van der Waals surface area (Å²) < 4.78 is 3.97. The van der Waals surface area contributed by atoms with Gasteiger partial charge in [-0.05, 0) is 69.4 Å². The number of carbonyl (C=O) groups is 2. The molecule has 0 saturated carbocycles. The number of imidazole rings is 1. The van der Waals surface area contributed by atoms with Crippen LogP contribution in [0.15, 0.2) is 55.1 Å². The van der Waals surface area contributed by atoms with Gasteiger partial charge in [0.2, 0.25) is 0 Å². The van der Waals surface area contributed by atoms with Crippen LogP contribution in [0.1, 0.15) is 50.3 Å². The fourth-order valence-corrected chi connectivity index (χ4v) is 5.73. The maximum Gasteiger partial charge on any atom is 0.313 e. The average Bonchev–Trinajstić information content (AvgIpc) is 3.55. The van der Waals surface area contributed by atoms with E-state index in [4.69, 9.17) is 5.10 Å². The molecule has 2 aliphatic heterocycles. The smallest absolute Gasteiger partial charge is 0.313 e. The molecule has 0 aliphatic carbocycles. The van der Waals surface area contributed by atoms with Crippen molar-refractivity contribution in [3.8, 4) is 0 Å². The number of amides is 2. The molecular formula is C28H33N7O2. The number of pyridine rings is 1. The van der Waals surface area contributed by atoms with E-state index in [0.717, 1.165) is 55.2 Å². The van der Waals surface area contributed by atoms with Crippen LogP contribution in [0.4, 0.5) is 5.69 Å². The first kappa shape index (κ1) is 23.7. The third-order valence-corrected chi connectivity index (χ3v) is 7.92. The fourth-order valence-electron chi connectivity index (χ4n) is 5.73. The lowest BCUT2D eigenvalue weighted by atomic mass is 9.89. The number of fused-ring (bicyclic) bond motifs is 2. The van der Waals surface area contributed by atoms with Gasteiger partial charge in [-0.2, -0.15) is 5.10 Å². The molecule has 2 saturated heterocycles. The van der Waals surface area contributed by atoms with Gasteiger partial charge in [-0.15, -0.1) is 0 Å².